The fraction of sp³-hybridized carbons (Fsp3) is 0.333. The number of hydrogen-bond acceptors (Lipinski definition) is 5. The first-order valence-electron chi connectivity index (χ1n) is 9.24. The number of aromatic nitrogens is 1. The molecule has 0 bridgehead atoms. The van der Waals surface area contributed by atoms with Crippen LogP contribution in [0.2, 0.25) is 0 Å². The molecule has 1 unspecified atom stereocenters. The number of thiophene rings is 2. The SMILES string of the molecule is Cc1sc(NC(=O)c2cccs2)c(C(c2cccnc2)N2CCCC2)c1C. The fourth-order valence-electron chi connectivity index (χ4n) is 3.74. The lowest BCUT2D eigenvalue weighted by Gasteiger charge is -2.29. The molecule has 1 atom stereocenters. The molecular formula is C21H23N3OS2. The largest absolute Gasteiger partial charge is 0.313 e. The van der Waals surface area contributed by atoms with Crippen LogP contribution < -0.4 is 5.32 Å². The number of rotatable bonds is 5. The third-order valence-electron chi connectivity index (χ3n) is 5.18. The summed E-state index contributed by atoms with van der Waals surface area (Å²) in [5.41, 5.74) is 3.67. The van der Waals surface area contributed by atoms with Crippen molar-refractivity contribution in [3.05, 3.63) is 68.5 Å². The summed E-state index contributed by atoms with van der Waals surface area (Å²) in [4.78, 5) is 21.6. The van der Waals surface area contributed by atoms with Crippen LogP contribution in [0.15, 0.2) is 42.0 Å². The molecule has 1 aliphatic rings. The van der Waals surface area contributed by atoms with Gasteiger partial charge in [-0.15, -0.1) is 22.7 Å². The van der Waals surface area contributed by atoms with Gasteiger partial charge < -0.3 is 5.32 Å². The maximum atomic E-state index is 12.7. The number of amides is 1. The van der Waals surface area contributed by atoms with Crippen molar-refractivity contribution in [2.75, 3.05) is 18.4 Å². The van der Waals surface area contributed by atoms with Crippen LogP contribution in [-0.4, -0.2) is 28.9 Å². The van der Waals surface area contributed by atoms with Crippen molar-refractivity contribution in [3.8, 4) is 0 Å². The Morgan fingerprint density at radius 2 is 2.04 bits per heavy atom. The Labute approximate surface area is 167 Å². The fourth-order valence-corrected chi connectivity index (χ4v) is 5.44. The summed E-state index contributed by atoms with van der Waals surface area (Å²) < 4.78 is 0. The Kier molecular flexibility index (Phi) is 5.38. The van der Waals surface area contributed by atoms with E-state index in [1.54, 1.807) is 11.3 Å². The van der Waals surface area contributed by atoms with Gasteiger partial charge in [0.15, 0.2) is 0 Å². The first-order chi connectivity index (χ1) is 13.1. The van der Waals surface area contributed by atoms with E-state index in [4.69, 9.17) is 0 Å². The lowest BCUT2D eigenvalue weighted by atomic mass is 9.96. The van der Waals surface area contributed by atoms with Gasteiger partial charge in [0.25, 0.3) is 5.91 Å². The number of carbonyl (C=O) groups is 1. The zero-order chi connectivity index (χ0) is 18.8. The Balaban J connectivity index is 1.76. The predicted octanol–water partition coefficient (Wildman–Crippen LogP) is 5.26. The third kappa shape index (κ3) is 3.70. The smallest absolute Gasteiger partial charge is 0.266 e. The van der Waals surface area contributed by atoms with Gasteiger partial charge in [-0.3, -0.25) is 14.7 Å². The van der Waals surface area contributed by atoms with E-state index in [2.05, 4.69) is 35.1 Å². The van der Waals surface area contributed by atoms with Gasteiger partial charge in [-0.25, -0.2) is 0 Å². The van der Waals surface area contributed by atoms with Crippen LogP contribution in [0, 0.1) is 13.8 Å². The normalized spacial score (nSPS) is 15.8. The minimum absolute atomic E-state index is 0.0288. The molecule has 0 saturated carbocycles. The standard InChI is InChI=1S/C21H23N3OS2/c1-14-15(2)27-21(23-20(25)17-8-6-12-26-17)18(14)19(24-10-3-4-11-24)16-7-5-9-22-13-16/h5-9,12-13,19H,3-4,10-11H2,1-2H3,(H,23,25). The number of anilines is 1. The molecule has 0 spiro atoms. The summed E-state index contributed by atoms with van der Waals surface area (Å²) in [5.74, 6) is -0.0288. The summed E-state index contributed by atoms with van der Waals surface area (Å²) in [6.07, 6.45) is 6.21. The van der Waals surface area contributed by atoms with Crippen LogP contribution in [0.3, 0.4) is 0 Å². The van der Waals surface area contributed by atoms with Crippen molar-refractivity contribution >= 4 is 33.6 Å². The lowest BCUT2D eigenvalue weighted by molar-refractivity contribution is 0.103. The van der Waals surface area contributed by atoms with Crippen molar-refractivity contribution in [1.82, 2.24) is 9.88 Å². The summed E-state index contributed by atoms with van der Waals surface area (Å²) in [6, 6.07) is 8.05. The van der Waals surface area contributed by atoms with E-state index in [1.807, 2.05) is 36.0 Å². The molecule has 4 nitrogen and oxygen atoms in total. The highest BCUT2D eigenvalue weighted by Gasteiger charge is 2.31. The van der Waals surface area contributed by atoms with E-state index >= 15 is 0 Å². The van der Waals surface area contributed by atoms with E-state index in [0.29, 0.717) is 0 Å². The van der Waals surface area contributed by atoms with Gasteiger partial charge in [-0.2, -0.15) is 0 Å². The molecule has 4 rings (SSSR count). The van der Waals surface area contributed by atoms with Gasteiger partial charge in [0.2, 0.25) is 0 Å². The second kappa shape index (κ2) is 7.92. The molecule has 1 N–H and O–H groups in total. The highest BCUT2D eigenvalue weighted by Crippen LogP contribution is 2.43. The number of hydrogen-bond donors (Lipinski definition) is 1. The van der Waals surface area contributed by atoms with E-state index < -0.39 is 0 Å². The molecule has 1 fully saturated rings. The maximum Gasteiger partial charge on any atom is 0.266 e. The number of carbonyl (C=O) groups excluding carboxylic acids is 1. The van der Waals surface area contributed by atoms with Crippen molar-refractivity contribution < 1.29 is 4.79 Å². The molecule has 1 amide bonds. The molecule has 3 aromatic rings. The molecule has 4 heterocycles. The maximum absolute atomic E-state index is 12.7. The Morgan fingerprint density at radius 3 is 2.70 bits per heavy atom. The second-order valence-electron chi connectivity index (χ2n) is 6.89. The molecule has 0 aliphatic carbocycles. The van der Waals surface area contributed by atoms with Crippen LogP contribution in [0.4, 0.5) is 5.00 Å². The van der Waals surface area contributed by atoms with Crippen LogP contribution in [0.1, 0.15) is 50.1 Å². The Bertz CT molecular complexity index is 913. The monoisotopic (exact) mass is 397 g/mol. The molecule has 1 saturated heterocycles. The minimum Gasteiger partial charge on any atom is -0.313 e. The number of pyridine rings is 1. The first kappa shape index (κ1) is 18.3. The van der Waals surface area contributed by atoms with Gasteiger partial charge in [0.1, 0.15) is 5.00 Å². The molecule has 3 aromatic heterocycles. The van der Waals surface area contributed by atoms with E-state index in [9.17, 15) is 4.79 Å². The van der Waals surface area contributed by atoms with E-state index in [0.717, 1.165) is 23.0 Å². The molecule has 1 aliphatic heterocycles. The third-order valence-corrected chi connectivity index (χ3v) is 7.19. The van der Waals surface area contributed by atoms with Crippen LogP contribution in [0.5, 0.6) is 0 Å². The summed E-state index contributed by atoms with van der Waals surface area (Å²) in [6.45, 7) is 6.45. The lowest BCUT2D eigenvalue weighted by Crippen LogP contribution is -2.28. The first-order valence-corrected chi connectivity index (χ1v) is 10.9. The zero-order valence-corrected chi connectivity index (χ0v) is 17.2. The summed E-state index contributed by atoms with van der Waals surface area (Å²) in [7, 11) is 0. The van der Waals surface area contributed by atoms with Gasteiger partial charge in [-0.05, 0) is 68.4 Å². The van der Waals surface area contributed by atoms with Gasteiger partial charge in [0, 0.05) is 22.8 Å². The number of nitrogens with zero attached hydrogens (tertiary/aromatic N) is 2. The zero-order valence-electron chi connectivity index (χ0n) is 15.6. The number of likely N-dealkylation sites (tertiary alicyclic amines) is 1. The molecule has 140 valence electrons. The average molecular weight is 398 g/mol. The van der Waals surface area contributed by atoms with Crippen LogP contribution in [-0.2, 0) is 0 Å². The minimum atomic E-state index is -0.0288. The van der Waals surface area contributed by atoms with Crippen LogP contribution in [0.25, 0.3) is 0 Å². The van der Waals surface area contributed by atoms with Crippen molar-refractivity contribution in [1.29, 1.82) is 0 Å². The van der Waals surface area contributed by atoms with E-state index in [-0.39, 0.29) is 11.9 Å². The van der Waals surface area contributed by atoms with Crippen molar-refractivity contribution in [2.24, 2.45) is 0 Å². The van der Waals surface area contributed by atoms with E-state index in [1.165, 1.54) is 45.7 Å². The second-order valence-corrected chi connectivity index (χ2v) is 9.06. The highest BCUT2D eigenvalue weighted by molar-refractivity contribution is 7.17. The molecule has 0 aromatic carbocycles. The van der Waals surface area contributed by atoms with Gasteiger partial charge in [-0.1, -0.05) is 12.1 Å². The summed E-state index contributed by atoms with van der Waals surface area (Å²) >= 11 is 3.14. The Hall–Kier alpha value is -2.02. The van der Waals surface area contributed by atoms with Crippen LogP contribution >= 0.6 is 22.7 Å². The molecule has 27 heavy (non-hydrogen) atoms. The molecular weight excluding hydrogens is 374 g/mol. The predicted molar refractivity (Wildman–Crippen MR) is 113 cm³/mol. The average Bonchev–Trinajstić information content (AvgIpc) is 3.42. The molecule has 0 radical (unpaired) electrons. The topological polar surface area (TPSA) is 45.2 Å². The highest BCUT2D eigenvalue weighted by atomic mass is 32.1. The summed E-state index contributed by atoms with van der Waals surface area (Å²) in [5, 5.41) is 6.09. The van der Waals surface area contributed by atoms with Crippen molar-refractivity contribution in [3.63, 3.8) is 0 Å². The quantitative estimate of drug-likeness (QED) is 0.639. The van der Waals surface area contributed by atoms with Crippen molar-refractivity contribution in [2.45, 2.75) is 32.7 Å². The van der Waals surface area contributed by atoms with Gasteiger partial charge in [0.05, 0.1) is 10.9 Å². The number of aryl methyl sites for hydroxylation is 1. The molecule has 6 heteroatoms. The van der Waals surface area contributed by atoms with Gasteiger partial charge >= 0.3 is 0 Å². The Morgan fingerprint density at radius 1 is 1.22 bits per heavy atom. The number of nitrogens with one attached hydrogen (secondary N) is 1.